The van der Waals surface area contributed by atoms with Crippen LogP contribution in [-0.2, 0) is 14.3 Å². The van der Waals surface area contributed by atoms with Gasteiger partial charge in [-0.1, -0.05) is 29.8 Å². The van der Waals surface area contributed by atoms with Crippen LogP contribution in [0.4, 0.5) is 5.69 Å². The van der Waals surface area contributed by atoms with E-state index in [4.69, 9.17) is 16.3 Å². The molecule has 31 heavy (non-hydrogen) atoms. The number of hydrogen-bond donors (Lipinski definition) is 0. The second-order valence-electron chi connectivity index (χ2n) is 7.25. The number of fused-ring (bicyclic) bond motifs is 1. The normalized spacial score (nSPS) is 15.8. The smallest absolute Gasteiger partial charge is 0.326 e. The van der Waals surface area contributed by atoms with Gasteiger partial charge in [-0.15, -0.1) is 0 Å². The van der Waals surface area contributed by atoms with Crippen LogP contribution in [-0.4, -0.2) is 72.8 Å². The van der Waals surface area contributed by atoms with Gasteiger partial charge < -0.3 is 14.5 Å². The molecule has 0 spiro atoms. The predicted octanol–water partition coefficient (Wildman–Crippen LogP) is 1.83. The summed E-state index contributed by atoms with van der Waals surface area (Å²) in [5.41, 5.74) is 1.51. The lowest BCUT2D eigenvalue weighted by Gasteiger charge is -2.36. The molecule has 2 aliphatic heterocycles. The fourth-order valence-electron chi connectivity index (χ4n) is 3.68. The molecule has 2 heterocycles. The zero-order valence-electron chi connectivity index (χ0n) is 16.6. The van der Waals surface area contributed by atoms with Gasteiger partial charge in [-0.3, -0.25) is 24.1 Å². The summed E-state index contributed by atoms with van der Waals surface area (Å²) >= 11 is 6.03. The molecule has 0 radical (unpaired) electrons. The maximum atomic E-state index is 12.4. The highest BCUT2D eigenvalue weighted by Crippen LogP contribution is 2.22. The molecule has 0 atom stereocenters. The molecule has 1 fully saturated rings. The van der Waals surface area contributed by atoms with Gasteiger partial charge in [0, 0.05) is 36.9 Å². The van der Waals surface area contributed by atoms with Crippen LogP contribution >= 0.6 is 11.6 Å². The van der Waals surface area contributed by atoms with E-state index in [9.17, 15) is 19.2 Å². The number of hydrogen-bond acceptors (Lipinski definition) is 6. The number of carbonyl (C=O) groups excluding carboxylic acids is 4. The average Bonchev–Trinajstić information content (AvgIpc) is 3.02. The molecule has 1 saturated heterocycles. The lowest BCUT2D eigenvalue weighted by Crippen LogP contribution is -2.50. The van der Waals surface area contributed by atoms with Crippen LogP contribution < -0.4 is 4.90 Å². The molecule has 160 valence electrons. The van der Waals surface area contributed by atoms with Crippen molar-refractivity contribution in [2.45, 2.75) is 0 Å². The third kappa shape index (κ3) is 4.39. The standard InChI is InChI=1S/C22H20ClN3O5/c23-15-4-3-5-16(12-15)24-8-10-25(11-9-24)19(27)14-31-20(28)13-26-21(29)17-6-1-2-7-18(17)22(26)30/h1-7,12H,8-11,13-14H2. The van der Waals surface area contributed by atoms with Crippen LogP contribution in [0.5, 0.6) is 0 Å². The Morgan fingerprint density at radius 3 is 2.16 bits per heavy atom. The van der Waals surface area contributed by atoms with Crippen molar-refractivity contribution in [3.05, 3.63) is 64.7 Å². The van der Waals surface area contributed by atoms with E-state index in [1.807, 2.05) is 18.2 Å². The molecular weight excluding hydrogens is 422 g/mol. The summed E-state index contributed by atoms with van der Waals surface area (Å²) in [7, 11) is 0. The topological polar surface area (TPSA) is 87.2 Å². The minimum atomic E-state index is -0.805. The zero-order valence-corrected chi connectivity index (χ0v) is 17.4. The Bertz CT molecular complexity index is 1010. The number of anilines is 1. The lowest BCUT2D eigenvalue weighted by atomic mass is 10.1. The van der Waals surface area contributed by atoms with Crippen LogP contribution in [0.2, 0.25) is 5.02 Å². The van der Waals surface area contributed by atoms with Crippen molar-refractivity contribution in [2.24, 2.45) is 0 Å². The van der Waals surface area contributed by atoms with Crippen LogP contribution in [0.3, 0.4) is 0 Å². The van der Waals surface area contributed by atoms with Crippen LogP contribution in [0.15, 0.2) is 48.5 Å². The first-order valence-electron chi connectivity index (χ1n) is 9.83. The second kappa shape index (κ2) is 8.77. The molecule has 2 aliphatic rings. The summed E-state index contributed by atoms with van der Waals surface area (Å²) in [5, 5.41) is 0.654. The molecule has 0 aromatic heterocycles. The molecule has 2 aromatic carbocycles. The number of amides is 3. The summed E-state index contributed by atoms with van der Waals surface area (Å²) in [6.07, 6.45) is 0. The molecular formula is C22H20ClN3O5. The van der Waals surface area contributed by atoms with Crippen LogP contribution in [0.1, 0.15) is 20.7 Å². The highest BCUT2D eigenvalue weighted by Gasteiger charge is 2.36. The van der Waals surface area contributed by atoms with Crippen molar-refractivity contribution in [1.82, 2.24) is 9.80 Å². The first kappa shape index (κ1) is 20.9. The molecule has 3 amide bonds. The van der Waals surface area contributed by atoms with Gasteiger partial charge in [-0.05, 0) is 30.3 Å². The fraction of sp³-hybridized carbons (Fsp3) is 0.273. The van der Waals surface area contributed by atoms with Gasteiger partial charge >= 0.3 is 5.97 Å². The van der Waals surface area contributed by atoms with Gasteiger partial charge in [-0.2, -0.15) is 0 Å². The predicted molar refractivity (Wildman–Crippen MR) is 113 cm³/mol. The maximum Gasteiger partial charge on any atom is 0.326 e. The Morgan fingerprint density at radius 1 is 0.903 bits per heavy atom. The number of nitrogens with zero attached hydrogens (tertiary/aromatic N) is 3. The van der Waals surface area contributed by atoms with Crippen molar-refractivity contribution >= 4 is 41.0 Å². The van der Waals surface area contributed by atoms with E-state index in [0.717, 1.165) is 10.6 Å². The summed E-state index contributed by atoms with van der Waals surface area (Å²) in [5.74, 6) is -2.20. The Labute approximate surface area is 183 Å². The Hall–Kier alpha value is -3.39. The van der Waals surface area contributed by atoms with Gasteiger partial charge in [0.25, 0.3) is 17.7 Å². The van der Waals surface area contributed by atoms with Crippen molar-refractivity contribution in [3.8, 4) is 0 Å². The molecule has 0 unspecified atom stereocenters. The van der Waals surface area contributed by atoms with Gasteiger partial charge in [0.1, 0.15) is 6.54 Å². The van der Waals surface area contributed by atoms with Crippen molar-refractivity contribution in [3.63, 3.8) is 0 Å². The molecule has 4 rings (SSSR count). The molecule has 2 aromatic rings. The number of imide groups is 1. The van der Waals surface area contributed by atoms with E-state index in [1.165, 1.54) is 12.1 Å². The molecule has 0 aliphatic carbocycles. The van der Waals surface area contributed by atoms with Gasteiger partial charge in [0.05, 0.1) is 11.1 Å². The van der Waals surface area contributed by atoms with Crippen molar-refractivity contribution in [1.29, 1.82) is 0 Å². The minimum Gasteiger partial charge on any atom is -0.454 e. The average molecular weight is 442 g/mol. The first-order valence-corrected chi connectivity index (χ1v) is 10.2. The van der Waals surface area contributed by atoms with E-state index >= 15 is 0 Å². The Morgan fingerprint density at radius 2 is 1.55 bits per heavy atom. The summed E-state index contributed by atoms with van der Waals surface area (Å²) in [6, 6.07) is 13.9. The summed E-state index contributed by atoms with van der Waals surface area (Å²) in [6.45, 7) is 1.29. The minimum absolute atomic E-state index is 0.258. The van der Waals surface area contributed by atoms with E-state index in [2.05, 4.69) is 4.90 Å². The molecule has 0 bridgehead atoms. The van der Waals surface area contributed by atoms with Crippen molar-refractivity contribution in [2.75, 3.05) is 44.2 Å². The van der Waals surface area contributed by atoms with E-state index in [0.29, 0.717) is 31.2 Å². The Balaban J connectivity index is 1.25. The van der Waals surface area contributed by atoms with E-state index in [1.54, 1.807) is 23.1 Å². The SMILES string of the molecule is O=C(CN1C(=O)c2ccccc2C1=O)OCC(=O)N1CCN(c2cccc(Cl)c2)CC1. The largest absolute Gasteiger partial charge is 0.454 e. The summed E-state index contributed by atoms with van der Waals surface area (Å²) in [4.78, 5) is 53.7. The van der Waals surface area contributed by atoms with Crippen LogP contribution in [0.25, 0.3) is 0 Å². The highest BCUT2D eigenvalue weighted by molar-refractivity contribution is 6.30. The first-order chi connectivity index (χ1) is 14.9. The highest BCUT2D eigenvalue weighted by atomic mass is 35.5. The third-order valence-electron chi connectivity index (χ3n) is 5.33. The molecule has 0 saturated carbocycles. The van der Waals surface area contributed by atoms with Crippen molar-refractivity contribution < 1.29 is 23.9 Å². The number of ether oxygens (including phenoxy) is 1. The monoisotopic (exact) mass is 441 g/mol. The number of carbonyl (C=O) groups is 4. The molecule has 8 nitrogen and oxygen atoms in total. The maximum absolute atomic E-state index is 12.4. The number of esters is 1. The number of halogens is 1. The van der Waals surface area contributed by atoms with Gasteiger partial charge in [0.2, 0.25) is 0 Å². The van der Waals surface area contributed by atoms with Gasteiger partial charge in [0.15, 0.2) is 6.61 Å². The number of rotatable bonds is 5. The number of benzene rings is 2. The van der Waals surface area contributed by atoms with Gasteiger partial charge in [-0.25, -0.2) is 0 Å². The third-order valence-corrected chi connectivity index (χ3v) is 5.56. The quantitative estimate of drug-likeness (QED) is 0.519. The lowest BCUT2D eigenvalue weighted by molar-refractivity contribution is -0.152. The van der Waals surface area contributed by atoms with E-state index in [-0.39, 0.29) is 17.0 Å². The van der Waals surface area contributed by atoms with Crippen LogP contribution in [0, 0.1) is 0 Å². The second-order valence-corrected chi connectivity index (χ2v) is 7.69. The fourth-order valence-corrected chi connectivity index (χ4v) is 3.86. The zero-order chi connectivity index (χ0) is 22.0. The molecule has 9 heteroatoms. The van der Waals surface area contributed by atoms with E-state index < -0.39 is 30.9 Å². The Kier molecular flexibility index (Phi) is 5.90. The summed E-state index contributed by atoms with van der Waals surface area (Å²) < 4.78 is 5.03. The molecule has 0 N–H and O–H groups in total. The number of piperazine rings is 1.